The van der Waals surface area contributed by atoms with Gasteiger partial charge in [0.05, 0.1) is 13.2 Å². The van der Waals surface area contributed by atoms with Crippen LogP contribution >= 0.6 is 0 Å². The van der Waals surface area contributed by atoms with Gasteiger partial charge in [-0.1, -0.05) is 6.07 Å². The molecule has 21 heavy (non-hydrogen) atoms. The fraction of sp³-hybridized carbons (Fsp3) is 0.647. The van der Waals surface area contributed by atoms with Gasteiger partial charge < -0.3 is 19.7 Å². The number of rotatable bonds is 7. The van der Waals surface area contributed by atoms with Gasteiger partial charge in [0.1, 0.15) is 0 Å². The van der Waals surface area contributed by atoms with E-state index in [1.807, 2.05) is 19.9 Å². The molecule has 1 aromatic rings. The molecule has 1 saturated heterocycles. The summed E-state index contributed by atoms with van der Waals surface area (Å²) in [6, 6.07) is 6.84. The highest BCUT2D eigenvalue weighted by molar-refractivity contribution is 5.43. The Morgan fingerprint density at radius 2 is 2.14 bits per heavy atom. The number of likely N-dealkylation sites (tertiary alicyclic amines) is 1. The number of hydrogen-bond donors (Lipinski definition) is 1. The summed E-state index contributed by atoms with van der Waals surface area (Å²) in [6.45, 7) is 7.17. The number of ether oxygens (including phenoxy) is 2. The monoisotopic (exact) mass is 292 g/mol. The molecule has 0 aliphatic carbocycles. The van der Waals surface area contributed by atoms with Crippen molar-refractivity contribution in [2.45, 2.75) is 45.4 Å². The van der Waals surface area contributed by atoms with Gasteiger partial charge >= 0.3 is 0 Å². The Morgan fingerprint density at radius 1 is 1.33 bits per heavy atom. The van der Waals surface area contributed by atoms with E-state index in [9.17, 15) is 0 Å². The van der Waals surface area contributed by atoms with Gasteiger partial charge in [-0.2, -0.15) is 0 Å². The molecule has 1 atom stereocenters. The Kier molecular flexibility index (Phi) is 5.88. The maximum Gasteiger partial charge on any atom is 0.161 e. The minimum Gasteiger partial charge on any atom is -0.493 e. The highest BCUT2D eigenvalue weighted by atomic mass is 16.5. The summed E-state index contributed by atoms with van der Waals surface area (Å²) < 4.78 is 11.2. The van der Waals surface area contributed by atoms with Crippen molar-refractivity contribution >= 4 is 0 Å². The number of nitrogens with one attached hydrogen (secondary N) is 1. The molecule has 1 unspecified atom stereocenters. The second kappa shape index (κ2) is 7.66. The second-order valence-electron chi connectivity index (χ2n) is 6.06. The van der Waals surface area contributed by atoms with Gasteiger partial charge in [-0.15, -0.1) is 0 Å². The van der Waals surface area contributed by atoms with Crippen LogP contribution in [0, 0.1) is 0 Å². The van der Waals surface area contributed by atoms with Crippen molar-refractivity contribution in [2.75, 3.05) is 27.2 Å². The van der Waals surface area contributed by atoms with E-state index in [-0.39, 0.29) is 6.10 Å². The highest BCUT2D eigenvalue weighted by Gasteiger charge is 2.19. The number of benzene rings is 1. The summed E-state index contributed by atoms with van der Waals surface area (Å²) >= 11 is 0. The topological polar surface area (TPSA) is 33.7 Å². The van der Waals surface area contributed by atoms with Crippen LogP contribution < -0.4 is 14.8 Å². The molecular weight excluding hydrogens is 264 g/mol. The third kappa shape index (κ3) is 4.61. The van der Waals surface area contributed by atoms with E-state index in [4.69, 9.17) is 9.47 Å². The van der Waals surface area contributed by atoms with Gasteiger partial charge in [0, 0.05) is 19.1 Å². The molecule has 1 heterocycles. The molecule has 1 aromatic carbocycles. The van der Waals surface area contributed by atoms with Crippen LogP contribution in [0.4, 0.5) is 0 Å². The fourth-order valence-electron chi connectivity index (χ4n) is 2.79. The van der Waals surface area contributed by atoms with E-state index in [0.29, 0.717) is 6.04 Å². The average molecular weight is 292 g/mol. The molecule has 118 valence electrons. The molecule has 2 rings (SSSR count). The Morgan fingerprint density at radius 3 is 2.76 bits per heavy atom. The lowest BCUT2D eigenvalue weighted by molar-refractivity contribution is 0.230. The number of hydrogen-bond acceptors (Lipinski definition) is 4. The molecule has 0 amide bonds. The highest BCUT2D eigenvalue weighted by Crippen LogP contribution is 2.29. The molecule has 0 spiro atoms. The largest absolute Gasteiger partial charge is 0.493 e. The maximum atomic E-state index is 5.74. The summed E-state index contributed by atoms with van der Waals surface area (Å²) in [5.41, 5.74) is 1.23. The van der Waals surface area contributed by atoms with Gasteiger partial charge in [0.2, 0.25) is 0 Å². The van der Waals surface area contributed by atoms with Crippen LogP contribution in [-0.2, 0) is 6.54 Å². The van der Waals surface area contributed by atoms with Crippen LogP contribution in [0.25, 0.3) is 0 Å². The van der Waals surface area contributed by atoms with Crippen LogP contribution in [-0.4, -0.2) is 44.3 Å². The van der Waals surface area contributed by atoms with Crippen LogP contribution in [0.5, 0.6) is 11.5 Å². The summed E-state index contributed by atoms with van der Waals surface area (Å²) in [6.07, 6.45) is 2.77. The molecular formula is C17H28N2O2. The molecule has 1 fully saturated rings. The van der Waals surface area contributed by atoms with E-state index in [1.54, 1.807) is 7.11 Å². The van der Waals surface area contributed by atoms with E-state index in [2.05, 4.69) is 29.4 Å². The zero-order valence-electron chi connectivity index (χ0n) is 13.7. The quantitative estimate of drug-likeness (QED) is 0.838. The number of likely N-dealkylation sites (N-methyl/N-ethyl adjacent to an activating group) is 1. The Labute approximate surface area is 128 Å². The van der Waals surface area contributed by atoms with Crippen molar-refractivity contribution in [3.63, 3.8) is 0 Å². The molecule has 1 N–H and O–H groups in total. The first kappa shape index (κ1) is 16.1. The summed E-state index contributed by atoms with van der Waals surface area (Å²) in [7, 11) is 3.90. The summed E-state index contributed by atoms with van der Waals surface area (Å²) in [4.78, 5) is 2.44. The standard InChI is InChI=1S/C17H28N2O2/c1-13(2)21-16-8-7-14(10-17(16)20-4)11-18-12-15-6-5-9-19(15)3/h7-8,10,13,15,18H,5-6,9,11-12H2,1-4H3. The van der Waals surface area contributed by atoms with Crippen molar-refractivity contribution in [3.8, 4) is 11.5 Å². The first-order chi connectivity index (χ1) is 10.1. The third-order valence-electron chi connectivity index (χ3n) is 3.97. The third-order valence-corrected chi connectivity index (χ3v) is 3.97. The van der Waals surface area contributed by atoms with E-state index in [0.717, 1.165) is 24.6 Å². The smallest absolute Gasteiger partial charge is 0.161 e. The predicted molar refractivity (Wildman–Crippen MR) is 86.1 cm³/mol. The van der Waals surface area contributed by atoms with Gasteiger partial charge in [-0.25, -0.2) is 0 Å². The van der Waals surface area contributed by atoms with Crippen molar-refractivity contribution in [2.24, 2.45) is 0 Å². The SMILES string of the molecule is COc1cc(CNCC2CCCN2C)ccc1OC(C)C. The van der Waals surface area contributed by atoms with Gasteiger partial charge in [0.25, 0.3) is 0 Å². The minimum atomic E-state index is 0.153. The first-order valence-corrected chi connectivity index (χ1v) is 7.84. The fourth-order valence-corrected chi connectivity index (χ4v) is 2.79. The maximum absolute atomic E-state index is 5.74. The molecule has 0 saturated carbocycles. The predicted octanol–water partition coefficient (Wildman–Crippen LogP) is 2.67. The lowest BCUT2D eigenvalue weighted by Gasteiger charge is -2.20. The summed E-state index contributed by atoms with van der Waals surface area (Å²) in [5.74, 6) is 1.62. The zero-order valence-corrected chi connectivity index (χ0v) is 13.7. The van der Waals surface area contributed by atoms with Crippen molar-refractivity contribution in [1.29, 1.82) is 0 Å². The van der Waals surface area contributed by atoms with Crippen LogP contribution in [0.1, 0.15) is 32.3 Å². The van der Waals surface area contributed by atoms with E-state index in [1.165, 1.54) is 24.9 Å². The normalized spacial score (nSPS) is 19.2. The van der Waals surface area contributed by atoms with Crippen molar-refractivity contribution < 1.29 is 9.47 Å². The van der Waals surface area contributed by atoms with Crippen LogP contribution in [0.15, 0.2) is 18.2 Å². The molecule has 0 aromatic heterocycles. The van der Waals surface area contributed by atoms with Crippen molar-refractivity contribution in [3.05, 3.63) is 23.8 Å². The Hall–Kier alpha value is -1.26. The molecule has 1 aliphatic rings. The lowest BCUT2D eigenvalue weighted by Crippen LogP contribution is -2.35. The van der Waals surface area contributed by atoms with Gasteiger partial charge in [-0.05, 0) is 58.0 Å². The van der Waals surface area contributed by atoms with Gasteiger partial charge in [-0.3, -0.25) is 0 Å². The van der Waals surface area contributed by atoms with Crippen molar-refractivity contribution in [1.82, 2.24) is 10.2 Å². The molecule has 0 radical (unpaired) electrons. The second-order valence-corrected chi connectivity index (χ2v) is 6.06. The minimum absolute atomic E-state index is 0.153. The number of methoxy groups -OCH3 is 1. The first-order valence-electron chi connectivity index (χ1n) is 7.84. The lowest BCUT2D eigenvalue weighted by atomic mass is 10.2. The average Bonchev–Trinajstić information content (AvgIpc) is 2.85. The molecule has 1 aliphatic heterocycles. The zero-order chi connectivity index (χ0) is 15.2. The van der Waals surface area contributed by atoms with Crippen LogP contribution in [0.2, 0.25) is 0 Å². The molecule has 4 nitrogen and oxygen atoms in total. The number of nitrogens with zero attached hydrogens (tertiary/aromatic N) is 1. The molecule has 4 heteroatoms. The summed E-state index contributed by atoms with van der Waals surface area (Å²) in [5, 5.41) is 3.55. The van der Waals surface area contributed by atoms with Gasteiger partial charge in [0.15, 0.2) is 11.5 Å². The Balaban J connectivity index is 1.88. The van der Waals surface area contributed by atoms with Crippen LogP contribution in [0.3, 0.4) is 0 Å². The van der Waals surface area contributed by atoms with E-state index >= 15 is 0 Å². The molecule has 0 bridgehead atoms. The van der Waals surface area contributed by atoms with E-state index < -0.39 is 0 Å². The Bertz CT molecular complexity index is 448.